The summed E-state index contributed by atoms with van der Waals surface area (Å²) in [6, 6.07) is 7.54. The van der Waals surface area contributed by atoms with Crippen molar-refractivity contribution in [3.63, 3.8) is 0 Å². The van der Waals surface area contributed by atoms with Gasteiger partial charge in [0, 0.05) is 19.7 Å². The lowest BCUT2D eigenvalue weighted by Crippen LogP contribution is -2.22. The van der Waals surface area contributed by atoms with Gasteiger partial charge in [0.05, 0.1) is 6.61 Å². The van der Waals surface area contributed by atoms with E-state index in [4.69, 9.17) is 4.74 Å². The fraction of sp³-hybridized carbons (Fsp3) is 0.462. The van der Waals surface area contributed by atoms with Crippen molar-refractivity contribution in [2.45, 2.75) is 20.8 Å². The molecule has 1 aromatic carbocycles. The Morgan fingerprint density at radius 3 is 2.31 bits per heavy atom. The predicted octanol–water partition coefficient (Wildman–Crippen LogP) is 2.70. The lowest BCUT2D eigenvalue weighted by Gasteiger charge is -2.15. The third kappa shape index (κ3) is 3.57. The van der Waals surface area contributed by atoms with Gasteiger partial charge in [0.25, 0.3) is 0 Å². The molecule has 88 valence electrons. The number of carbonyl (C=O) groups excluding carboxylic acids is 1. The second-order valence-electron chi connectivity index (χ2n) is 4.28. The molecule has 3 heteroatoms. The van der Waals surface area contributed by atoms with E-state index in [2.05, 4.69) is 13.8 Å². The Balaban J connectivity index is 2.64. The molecule has 3 nitrogen and oxygen atoms in total. The van der Waals surface area contributed by atoms with Crippen molar-refractivity contribution in [1.82, 2.24) is 0 Å². The third-order valence-electron chi connectivity index (χ3n) is 2.28. The molecule has 1 aromatic rings. The van der Waals surface area contributed by atoms with Gasteiger partial charge in [-0.3, -0.25) is 4.79 Å². The van der Waals surface area contributed by atoms with Crippen LogP contribution in [0.2, 0.25) is 0 Å². The zero-order chi connectivity index (χ0) is 12.1. The van der Waals surface area contributed by atoms with Crippen molar-refractivity contribution in [2.24, 2.45) is 5.92 Å². The van der Waals surface area contributed by atoms with Gasteiger partial charge in [-0.05, 0) is 30.2 Å². The number of rotatable bonds is 4. The molecule has 1 amide bonds. The fourth-order valence-electron chi connectivity index (χ4n) is 1.21. The number of ether oxygens (including phenoxy) is 1. The fourth-order valence-corrected chi connectivity index (χ4v) is 1.21. The lowest BCUT2D eigenvalue weighted by molar-refractivity contribution is -0.116. The second-order valence-corrected chi connectivity index (χ2v) is 4.28. The number of hydrogen-bond acceptors (Lipinski definition) is 2. The molecule has 0 aliphatic heterocycles. The van der Waals surface area contributed by atoms with E-state index in [0.717, 1.165) is 11.4 Å². The summed E-state index contributed by atoms with van der Waals surface area (Å²) in [5, 5.41) is 0. The van der Waals surface area contributed by atoms with Crippen molar-refractivity contribution >= 4 is 11.6 Å². The first-order chi connectivity index (χ1) is 7.50. The van der Waals surface area contributed by atoms with Crippen molar-refractivity contribution in [1.29, 1.82) is 0 Å². The summed E-state index contributed by atoms with van der Waals surface area (Å²) >= 11 is 0. The van der Waals surface area contributed by atoms with Crippen LogP contribution in [0.1, 0.15) is 20.8 Å². The molecule has 16 heavy (non-hydrogen) atoms. The van der Waals surface area contributed by atoms with Gasteiger partial charge in [-0.25, -0.2) is 0 Å². The summed E-state index contributed by atoms with van der Waals surface area (Å²) in [7, 11) is 1.76. The van der Waals surface area contributed by atoms with Gasteiger partial charge in [0.2, 0.25) is 5.91 Å². The highest BCUT2D eigenvalue weighted by molar-refractivity contribution is 5.90. The Bertz CT molecular complexity index is 343. The van der Waals surface area contributed by atoms with E-state index in [1.54, 1.807) is 18.9 Å². The van der Waals surface area contributed by atoms with Gasteiger partial charge in [-0.1, -0.05) is 13.8 Å². The maximum Gasteiger partial charge on any atom is 0.223 e. The van der Waals surface area contributed by atoms with E-state index < -0.39 is 0 Å². The Morgan fingerprint density at radius 1 is 1.31 bits per heavy atom. The van der Waals surface area contributed by atoms with Crippen LogP contribution in [0.5, 0.6) is 5.75 Å². The number of carbonyl (C=O) groups is 1. The largest absolute Gasteiger partial charge is 0.493 e. The maximum absolute atomic E-state index is 11.1. The van der Waals surface area contributed by atoms with Crippen LogP contribution in [0.15, 0.2) is 24.3 Å². The Labute approximate surface area is 97.0 Å². The molecule has 0 bridgehead atoms. The van der Waals surface area contributed by atoms with E-state index >= 15 is 0 Å². The first-order valence-corrected chi connectivity index (χ1v) is 5.48. The second kappa shape index (κ2) is 5.54. The summed E-state index contributed by atoms with van der Waals surface area (Å²) in [4.78, 5) is 12.7. The number of amides is 1. The SMILES string of the molecule is CC(=O)N(C)c1ccc(OCC(C)C)cc1. The van der Waals surface area contributed by atoms with Crippen LogP contribution in [-0.2, 0) is 4.79 Å². The van der Waals surface area contributed by atoms with E-state index in [9.17, 15) is 4.79 Å². The van der Waals surface area contributed by atoms with Crippen LogP contribution in [0, 0.1) is 5.92 Å². The minimum atomic E-state index is 0.0239. The van der Waals surface area contributed by atoms with Crippen molar-refractivity contribution in [3.8, 4) is 5.75 Å². The average Bonchev–Trinajstić information content (AvgIpc) is 2.26. The van der Waals surface area contributed by atoms with Gasteiger partial charge in [-0.15, -0.1) is 0 Å². The number of nitrogens with zero attached hydrogens (tertiary/aromatic N) is 1. The maximum atomic E-state index is 11.1. The molecule has 0 spiro atoms. The molecule has 0 aromatic heterocycles. The van der Waals surface area contributed by atoms with Gasteiger partial charge < -0.3 is 9.64 Å². The molecule has 0 atom stereocenters. The van der Waals surface area contributed by atoms with Crippen molar-refractivity contribution < 1.29 is 9.53 Å². The Kier molecular flexibility index (Phi) is 4.35. The van der Waals surface area contributed by atoms with Gasteiger partial charge in [-0.2, -0.15) is 0 Å². The molecule has 0 N–H and O–H groups in total. The summed E-state index contributed by atoms with van der Waals surface area (Å²) in [5.74, 6) is 1.38. The molecule has 0 saturated heterocycles. The highest BCUT2D eigenvalue weighted by Crippen LogP contribution is 2.18. The zero-order valence-electron chi connectivity index (χ0n) is 10.4. The summed E-state index contributed by atoms with van der Waals surface area (Å²) in [6.45, 7) is 6.47. The standard InChI is InChI=1S/C13H19NO2/c1-10(2)9-16-13-7-5-12(6-8-13)14(4)11(3)15/h5-8,10H,9H2,1-4H3. The molecule has 0 saturated carbocycles. The molecular weight excluding hydrogens is 202 g/mol. The Morgan fingerprint density at radius 2 is 1.88 bits per heavy atom. The van der Waals surface area contributed by atoms with Crippen LogP contribution in [0.25, 0.3) is 0 Å². The van der Waals surface area contributed by atoms with Gasteiger partial charge >= 0.3 is 0 Å². The predicted molar refractivity (Wildman–Crippen MR) is 65.9 cm³/mol. The molecule has 0 aliphatic rings. The van der Waals surface area contributed by atoms with Crippen LogP contribution in [0.3, 0.4) is 0 Å². The van der Waals surface area contributed by atoms with Gasteiger partial charge in [0.1, 0.15) is 5.75 Å². The zero-order valence-corrected chi connectivity index (χ0v) is 10.4. The number of hydrogen-bond donors (Lipinski definition) is 0. The van der Waals surface area contributed by atoms with Gasteiger partial charge in [0.15, 0.2) is 0 Å². The number of anilines is 1. The van der Waals surface area contributed by atoms with E-state index in [1.807, 2.05) is 24.3 Å². The van der Waals surface area contributed by atoms with E-state index in [1.165, 1.54) is 0 Å². The normalized spacial score (nSPS) is 10.3. The summed E-state index contributed by atoms with van der Waals surface area (Å²) in [5.41, 5.74) is 0.879. The van der Waals surface area contributed by atoms with Crippen LogP contribution in [-0.4, -0.2) is 19.6 Å². The molecule has 0 aliphatic carbocycles. The minimum absolute atomic E-state index is 0.0239. The molecule has 0 fully saturated rings. The quantitative estimate of drug-likeness (QED) is 0.782. The summed E-state index contributed by atoms with van der Waals surface area (Å²) < 4.78 is 5.56. The third-order valence-corrected chi connectivity index (χ3v) is 2.28. The highest BCUT2D eigenvalue weighted by Gasteiger charge is 2.05. The monoisotopic (exact) mass is 221 g/mol. The Hall–Kier alpha value is -1.51. The molecule has 0 radical (unpaired) electrons. The number of benzene rings is 1. The van der Waals surface area contributed by atoms with Crippen molar-refractivity contribution in [2.75, 3.05) is 18.6 Å². The first-order valence-electron chi connectivity index (χ1n) is 5.48. The van der Waals surface area contributed by atoms with Crippen molar-refractivity contribution in [3.05, 3.63) is 24.3 Å². The summed E-state index contributed by atoms with van der Waals surface area (Å²) in [6.07, 6.45) is 0. The lowest BCUT2D eigenvalue weighted by atomic mass is 10.2. The molecule has 1 rings (SSSR count). The van der Waals surface area contributed by atoms with E-state index in [-0.39, 0.29) is 5.91 Å². The van der Waals surface area contributed by atoms with Crippen LogP contribution >= 0.6 is 0 Å². The topological polar surface area (TPSA) is 29.5 Å². The smallest absolute Gasteiger partial charge is 0.223 e. The highest BCUT2D eigenvalue weighted by atomic mass is 16.5. The average molecular weight is 221 g/mol. The molecule has 0 unspecified atom stereocenters. The van der Waals surface area contributed by atoms with E-state index in [0.29, 0.717) is 12.5 Å². The first kappa shape index (κ1) is 12.6. The minimum Gasteiger partial charge on any atom is -0.493 e. The molecule has 0 heterocycles. The van der Waals surface area contributed by atoms with Crippen LogP contribution in [0.4, 0.5) is 5.69 Å². The van der Waals surface area contributed by atoms with Crippen LogP contribution < -0.4 is 9.64 Å². The molecular formula is C13H19NO2.